The van der Waals surface area contributed by atoms with E-state index in [1.54, 1.807) is 26.4 Å². The average molecular weight is 338 g/mol. The lowest BCUT2D eigenvalue weighted by Crippen LogP contribution is -2.22. The standard InChI is InChI=1S/C18H18N4O3/c1-10(2)15-16(11-5-6-13(24-3)14(7-11)25-4)21-17-12(8-19)9-20-22(17)18(15)23/h5-7,9-10,20H,1-4H3. The van der Waals surface area contributed by atoms with Crippen molar-refractivity contribution in [2.24, 2.45) is 0 Å². The first-order chi connectivity index (χ1) is 12.0. The van der Waals surface area contributed by atoms with Gasteiger partial charge in [0.05, 0.1) is 19.9 Å². The van der Waals surface area contributed by atoms with Crippen LogP contribution in [0, 0.1) is 11.3 Å². The molecule has 3 aromatic rings. The molecule has 7 nitrogen and oxygen atoms in total. The number of nitrogens with one attached hydrogen (secondary N) is 1. The number of aromatic nitrogens is 3. The van der Waals surface area contributed by atoms with Crippen LogP contribution in [0.5, 0.6) is 11.5 Å². The molecule has 0 aliphatic carbocycles. The second-order valence-corrected chi connectivity index (χ2v) is 5.86. The van der Waals surface area contributed by atoms with Crippen molar-refractivity contribution in [3.63, 3.8) is 0 Å². The summed E-state index contributed by atoms with van der Waals surface area (Å²) < 4.78 is 11.9. The SMILES string of the molecule is COc1ccc(-c2nc3c(C#N)c[nH]n3c(=O)c2C(C)C)cc1OC. The zero-order valence-electron chi connectivity index (χ0n) is 14.5. The van der Waals surface area contributed by atoms with E-state index in [0.29, 0.717) is 34.0 Å². The molecular weight excluding hydrogens is 320 g/mol. The lowest BCUT2D eigenvalue weighted by atomic mass is 9.98. The number of nitriles is 1. The van der Waals surface area contributed by atoms with Crippen molar-refractivity contribution in [3.8, 4) is 28.8 Å². The van der Waals surface area contributed by atoms with Crippen molar-refractivity contribution in [2.75, 3.05) is 14.2 Å². The summed E-state index contributed by atoms with van der Waals surface area (Å²) in [5, 5.41) is 12.0. The van der Waals surface area contributed by atoms with E-state index < -0.39 is 0 Å². The fourth-order valence-electron chi connectivity index (χ4n) is 2.83. The fourth-order valence-corrected chi connectivity index (χ4v) is 2.83. The minimum absolute atomic E-state index is 0.0474. The third-order valence-electron chi connectivity index (χ3n) is 4.05. The van der Waals surface area contributed by atoms with Crippen LogP contribution in [0.2, 0.25) is 0 Å². The predicted octanol–water partition coefficient (Wildman–Crippen LogP) is 2.70. The molecule has 0 spiro atoms. The molecule has 0 saturated heterocycles. The van der Waals surface area contributed by atoms with E-state index in [9.17, 15) is 10.1 Å². The number of fused-ring (bicyclic) bond motifs is 1. The van der Waals surface area contributed by atoms with E-state index in [1.165, 1.54) is 10.7 Å². The van der Waals surface area contributed by atoms with E-state index in [4.69, 9.17) is 9.47 Å². The number of hydrogen-bond acceptors (Lipinski definition) is 5. The number of aromatic amines is 1. The van der Waals surface area contributed by atoms with Crippen molar-refractivity contribution in [1.29, 1.82) is 5.26 Å². The fraction of sp³-hybridized carbons (Fsp3) is 0.278. The largest absolute Gasteiger partial charge is 0.493 e. The third kappa shape index (κ3) is 2.62. The molecule has 1 aromatic carbocycles. The van der Waals surface area contributed by atoms with Gasteiger partial charge >= 0.3 is 0 Å². The summed E-state index contributed by atoms with van der Waals surface area (Å²) in [6.07, 6.45) is 1.48. The molecule has 0 fully saturated rings. The molecule has 0 atom stereocenters. The van der Waals surface area contributed by atoms with Gasteiger partial charge in [-0.1, -0.05) is 13.8 Å². The van der Waals surface area contributed by atoms with Crippen LogP contribution in [0.3, 0.4) is 0 Å². The van der Waals surface area contributed by atoms with Gasteiger partial charge in [0.1, 0.15) is 11.6 Å². The highest BCUT2D eigenvalue weighted by Crippen LogP contribution is 2.34. The lowest BCUT2D eigenvalue weighted by molar-refractivity contribution is 0.355. The first kappa shape index (κ1) is 16.6. The molecule has 25 heavy (non-hydrogen) atoms. The Balaban J connectivity index is 2.37. The topological polar surface area (TPSA) is 92.4 Å². The smallest absolute Gasteiger partial charge is 0.276 e. The summed E-state index contributed by atoms with van der Waals surface area (Å²) in [5.74, 6) is 1.09. The van der Waals surface area contributed by atoms with Crippen molar-refractivity contribution in [1.82, 2.24) is 14.6 Å². The molecule has 1 N–H and O–H groups in total. The normalized spacial score (nSPS) is 10.9. The van der Waals surface area contributed by atoms with Gasteiger partial charge in [-0.2, -0.15) is 5.26 Å². The van der Waals surface area contributed by atoms with Gasteiger partial charge < -0.3 is 9.47 Å². The maximum atomic E-state index is 12.9. The highest BCUT2D eigenvalue weighted by atomic mass is 16.5. The molecule has 0 aliphatic heterocycles. The van der Waals surface area contributed by atoms with E-state index >= 15 is 0 Å². The predicted molar refractivity (Wildman–Crippen MR) is 93.2 cm³/mol. The van der Waals surface area contributed by atoms with Gasteiger partial charge in [-0.3, -0.25) is 9.89 Å². The summed E-state index contributed by atoms with van der Waals surface area (Å²) in [5.41, 5.74) is 2.24. The first-order valence-corrected chi connectivity index (χ1v) is 7.78. The van der Waals surface area contributed by atoms with E-state index in [2.05, 4.69) is 10.1 Å². The van der Waals surface area contributed by atoms with E-state index in [0.717, 1.165) is 5.56 Å². The van der Waals surface area contributed by atoms with Gasteiger partial charge in [0.2, 0.25) is 0 Å². The minimum Gasteiger partial charge on any atom is -0.493 e. The summed E-state index contributed by atoms with van der Waals surface area (Å²) in [4.78, 5) is 17.5. The van der Waals surface area contributed by atoms with Crippen LogP contribution in [0.25, 0.3) is 16.9 Å². The second-order valence-electron chi connectivity index (χ2n) is 5.86. The van der Waals surface area contributed by atoms with Crippen LogP contribution in [-0.4, -0.2) is 28.8 Å². The van der Waals surface area contributed by atoms with Gasteiger partial charge in [-0.25, -0.2) is 9.50 Å². The van der Waals surface area contributed by atoms with E-state index in [-0.39, 0.29) is 11.5 Å². The number of ether oxygens (including phenoxy) is 2. The number of hydrogen-bond donors (Lipinski definition) is 1. The van der Waals surface area contributed by atoms with Crippen LogP contribution in [0.1, 0.15) is 30.9 Å². The van der Waals surface area contributed by atoms with Crippen LogP contribution in [0.4, 0.5) is 0 Å². The van der Waals surface area contributed by atoms with Crippen LogP contribution >= 0.6 is 0 Å². The third-order valence-corrected chi connectivity index (χ3v) is 4.05. The first-order valence-electron chi connectivity index (χ1n) is 7.78. The Bertz CT molecular complexity index is 1040. The Kier molecular flexibility index (Phi) is 4.19. The Hall–Kier alpha value is -3.27. The lowest BCUT2D eigenvalue weighted by Gasteiger charge is -2.14. The average Bonchev–Trinajstić information content (AvgIpc) is 3.03. The molecule has 0 radical (unpaired) electrons. The summed E-state index contributed by atoms with van der Waals surface area (Å²) in [6, 6.07) is 7.42. The highest BCUT2D eigenvalue weighted by molar-refractivity contribution is 5.70. The van der Waals surface area contributed by atoms with Crippen LogP contribution in [-0.2, 0) is 0 Å². The number of rotatable bonds is 4. The maximum absolute atomic E-state index is 12.9. The number of H-pyrrole nitrogens is 1. The quantitative estimate of drug-likeness (QED) is 0.789. The molecule has 0 aliphatic rings. The van der Waals surface area contributed by atoms with Gasteiger partial charge in [-0.15, -0.1) is 0 Å². The Morgan fingerprint density at radius 2 is 1.96 bits per heavy atom. The monoisotopic (exact) mass is 338 g/mol. The molecule has 7 heteroatoms. The Labute approximate surface area is 144 Å². The summed E-state index contributed by atoms with van der Waals surface area (Å²) in [6.45, 7) is 3.87. The summed E-state index contributed by atoms with van der Waals surface area (Å²) in [7, 11) is 3.11. The molecule has 2 aromatic heterocycles. The Morgan fingerprint density at radius 1 is 1.24 bits per heavy atom. The van der Waals surface area contributed by atoms with Crippen LogP contribution in [0.15, 0.2) is 29.2 Å². The molecule has 0 saturated carbocycles. The highest BCUT2D eigenvalue weighted by Gasteiger charge is 2.20. The van der Waals surface area contributed by atoms with Gasteiger partial charge in [0.25, 0.3) is 5.56 Å². The van der Waals surface area contributed by atoms with Gasteiger partial charge in [-0.05, 0) is 24.1 Å². The number of benzene rings is 1. The molecular formula is C18H18N4O3. The Morgan fingerprint density at radius 3 is 2.56 bits per heavy atom. The van der Waals surface area contributed by atoms with Gasteiger partial charge in [0.15, 0.2) is 17.1 Å². The number of nitrogens with zero attached hydrogens (tertiary/aromatic N) is 3. The van der Waals surface area contributed by atoms with Crippen LogP contribution < -0.4 is 15.0 Å². The maximum Gasteiger partial charge on any atom is 0.276 e. The zero-order valence-corrected chi connectivity index (χ0v) is 14.5. The summed E-state index contributed by atoms with van der Waals surface area (Å²) >= 11 is 0. The molecule has 0 amide bonds. The molecule has 2 heterocycles. The van der Waals surface area contributed by atoms with Crippen molar-refractivity contribution in [3.05, 3.63) is 45.9 Å². The van der Waals surface area contributed by atoms with E-state index in [1.807, 2.05) is 26.0 Å². The second kappa shape index (κ2) is 6.32. The molecule has 0 bridgehead atoms. The van der Waals surface area contributed by atoms with Crippen molar-refractivity contribution in [2.45, 2.75) is 19.8 Å². The van der Waals surface area contributed by atoms with Crippen molar-refractivity contribution >= 4 is 5.65 Å². The van der Waals surface area contributed by atoms with Crippen molar-refractivity contribution < 1.29 is 9.47 Å². The zero-order chi connectivity index (χ0) is 18.1. The minimum atomic E-state index is -0.216. The molecule has 0 unspecified atom stereocenters. The number of methoxy groups -OCH3 is 2. The van der Waals surface area contributed by atoms with Gasteiger partial charge in [0, 0.05) is 17.3 Å². The molecule has 128 valence electrons. The molecule has 3 rings (SSSR count).